The molecule has 0 unspecified atom stereocenters. The largest absolute Gasteiger partial charge is 0.339 e. The first-order valence-electron chi connectivity index (χ1n) is 12.2. The van der Waals surface area contributed by atoms with Gasteiger partial charge in [0.2, 0.25) is 5.91 Å². The number of hydrogen-bond donors (Lipinski definition) is 0. The van der Waals surface area contributed by atoms with Gasteiger partial charge < -0.3 is 4.90 Å². The number of sulfonamides is 1. The maximum absolute atomic E-state index is 13.6. The van der Waals surface area contributed by atoms with Crippen LogP contribution in [0.5, 0.6) is 0 Å². The minimum atomic E-state index is -3.90. The van der Waals surface area contributed by atoms with Crippen LogP contribution in [0.4, 0.5) is 5.69 Å². The van der Waals surface area contributed by atoms with Crippen molar-refractivity contribution in [2.24, 2.45) is 0 Å². The summed E-state index contributed by atoms with van der Waals surface area (Å²) in [6.07, 6.45) is 4.24. The maximum atomic E-state index is 13.6. The highest BCUT2D eigenvalue weighted by Crippen LogP contribution is 2.26. The Hall–Kier alpha value is -3.42. The number of nitrogens with zero attached hydrogens (tertiary/aromatic N) is 3. The number of benzene rings is 3. The molecule has 36 heavy (non-hydrogen) atoms. The number of rotatable bonds is 8. The molecule has 1 aliphatic heterocycles. The molecule has 0 bridgehead atoms. The van der Waals surface area contributed by atoms with Gasteiger partial charge in [0.15, 0.2) is 0 Å². The fourth-order valence-electron chi connectivity index (χ4n) is 4.43. The molecule has 0 aliphatic carbocycles. The van der Waals surface area contributed by atoms with Crippen LogP contribution in [0.2, 0.25) is 0 Å². The molecular weight excluding hydrogens is 470 g/mol. The fraction of sp³-hybridized carbons (Fsp3) is 0.276. The van der Waals surface area contributed by atoms with E-state index in [4.69, 9.17) is 0 Å². The summed E-state index contributed by atoms with van der Waals surface area (Å²) in [5, 5.41) is 0. The number of anilines is 1. The Morgan fingerprint density at radius 1 is 0.861 bits per heavy atom. The zero-order valence-electron chi connectivity index (χ0n) is 20.9. The van der Waals surface area contributed by atoms with Crippen LogP contribution in [0.3, 0.4) is 0 Å². The second-order valence-electron chi connectivity index (χ2n) is 9.17. The topological polar surface area (TPSA) is 60.9 Å². The third kappa shape index (κ3) is 6.42. The number of carbonyl (C=O) groups excluding carboxylic acids is 1. The predicted octanol–water partition coefficient (Wildman–Crippen LogP) is 4.36. The summed E-state index contributed by atoms with van der Waals surface area (Å²) in [7, 11) is -3.90. The van der Waals surface area contributed by atoms with Crippen LogP contribution in [0, 0.1) is 13.8 Å². The first kappa shape index (κ1) is 25.7. The lowest BCUT2D eigenvalue weighted by Gasteiger charge is -2.35. The lowest BCUT2D eigenvalue weighted by Crippen LogP contribution is -2.51. The van der Waals surface area contributed by atoms with Crippen molar-refractivity contribution in [3.63, 3.8) is 0 Å². The van der Waals surface area contributed by atoms with E-state index in [0.29, 0.717) is 18.8 Å². The molecule has 188 valence electrons. The zero-order chi connectivity index (χ0) is 25.5. The first-order valence-corrected chi connectivity index (χ1v) is 13.6. The molecule has 7 heteroatoms. The minimum Gasteiger partial charge on any atom is -0.339 e. The zero-order valence-corrected chi connectivity index (χ0v) is 21.7. The molecule has 1 heterocycles. The second-order valence-corrected chi connectivity index (χ2v) is 11.0. The fourth-order valence-corrected chi connectivity index (χ4v) is 5.85. The van der Waals surface area contributed by atoms with Crippen molar-refractivity contribution in [1.82, 2.24) is 9.80 Å². The van der Waals surface area contributed by atoms with Crippen molar-refractivity contribution in [1.29, 1.82) is 0 Å². The molecule has 1 amide bonds. The smallest absolute Gasteiger partial charge is 0.264 e. The van der Waals surface area contributed by atoms with Crippen LogP contribution in [0.15, 0.2) is 89.8 Å². The average molecular weight is 504 g/mol. The van der Waals surface area contributed by atoms with Gasteiger partial charge >= 0.3 is 0 Å². The Kier molecular flexibility index (Phi) is 8.23. The van der Waals surface area contributed by atoms with Crippen LogP contribution in [0.25, 0.3) is 6.08 Å². The van der Waals surface area contributed by atoms with Crippen LogP contribution in [-0.4, -0.2) is 63.4 Å². The molecule has 0 atom stereocenters. The lowest BCUT2D eigenvalue weighted by atomic mass is 10.1. The maximum Gasteiger partial charge on any atom is 0.264 e. The van der Waals surface area contributed by atoms with Crippen molar-refractivity contribution >= 4 is 27.7 Å². The molecular formula is C29H33N3O3S. The van der Waals surface area contributed by atoms with Gasteiger partial charge in [-0.05, 0) is 54.8 Å². The Labute approximate surface area is 214 Å². The number of carbonyl (C=O) groups is 1. The standard InChI is InChI=1S/C29H33N3O3S/c1-24-20-25(2)22-27(21-24)32(36(34,35)28-13-7-4-8-14-28)23-29(33)31-18-16-30(17-19-31)15-9-12-26-10-5-3-6-11-26/h3-14,20-22H,15-19,23H2,1-2H3/b12-9+. The van der Waals surface area contributed by atoms with E-state index in [-0.39, 0.29) is 17.3 Å². The SMILES string of the molecule is Cc1cc(C)cc(N(CC(=O)N2CCN(C/C=C/c3ccccc3)CC2)S(=O)(=O)c2ccccc2)c1. The summed E-state index contributed by atoms with van der Waals surface area (Å²) < 4.78 is 28.5. The van der Waals surface area contributed by atoms with Crippen LogP contribution in [0.1, 0.15) is 16.7 Å². The molecule has 0 N–H and O–H groups in total. The average Bonchev–Trinajstić information content (AvgIpc) is 2.88. The van der Waals surface area contributed by atoms with Crippen molar-refractivity contribution < 1.29 is 13.2 Å². The first-order chi connectivity index (χ1) is 17.3. The van der Waals surface area contributed by atoms with Crippen LogP contribution in [-0.2, 0) is 14.8 Å². The third-order valence-electron chi connectivity index (χ3n) is 6.30. The molecule has 3 aromatic carbocycles. The van der Waals surface area contributed by atoms with E-state index in [1.54, 1.807) is 35.2 Å². The Bertz CT molecular complexity index is 1280. The molecule has 3 aromatic rings. The van der Waals surface area contributed by atoms with E-state index in [9.17, 15) is 13.2 Å². The van der Waals surface area contributed by atoms with Gasteiger partial charge in [0.05, 0.1) is 10.6 Å². The van der Waals surface area contributed by atoms with E-state index in [1.807, 2.05) is 50.2 Å². The summed E-state index contributed by atoms with van der Waals surface area (Å²) in [5.74, 6) is -0.187. The van der Waals surface area contributed by atoms with Crippen molar-refractivity contribution in [2.45, 2.75) is 18.7 Å². The molecule has 4 rings (SSSR count). The predicted molar refractivity (Wildman–Crippen MR) is 145 cm³/mol. The normalized spacial score (nSPS) is 14.8. The molecule has 6 nitrogen and oxygen atoms in total. The summed E-state index contributed by atoms with van der Waals surface area (Å²) >= 11 is 0. The number of amides is 1. The molecule has 0 saturated carbocycles. The number of aryl methyl sites for hydroxylation is 2. The van der Waals surface area contributed by atoms with E-state index >= 15 is 0 Å². The quantitative estimate of drug-likeness (QED) is 0.458. The molecule has 1 saturated heterocycles. The van der Waals surface area contributed by atoms with E-state index in [0.717, 1.165) is 36.3 Å². The summed E-state index contributed by atoms with van der Waals surface area (Å²) in [6.45, 7) is 7.09. The molecule has 1 fully saturated rings. The third-order valence-corrected chi connectivity index (χ3v) is 8.09. The van der Waals surface area contributed by atoms with Crippen LogP contribution < -0.4 is 4.31 Å². The van der Waals surface area contributed by atoms with E-state index in [2.05, 4.69) is 29.2 Å². The lowest BCUT2D eigenvalue weighted by molar-refractivity contribution is -0.131. The van der Waals surface area contributed by atoms with Gasteiger partial charge in [-0.15, -0.1) is 0 Å². The van der Waals surface area contributed by atoms with Crippen molar-refractivity contribution in [3.8, 4) is 0 Å². The molecule has 0 radical (unpaired) electrons. The Morgan fingerprint density at radius 3 is 2.06 bits per heavy atom. The van der Waals surface area contributed by atoms with Gasteiger partial charge in [0.1, 0.15) is 6.54 Å². The van der Waals surface area contributed by atoms with Gasteiger partial charge in [-0.25, -0.2) is 8.42 Å². The Morgan fingerprint density at radius 2 is 1.44 bits per heavy atom. The number of piperazine rings is 1. The highest BCUT2D eigenvalue weighted by atomic mass is 32.2. The van der Waals surface area contributed by atoms with Crippen LogP contribution >= 0.6 is 0 Å². The second kappa shape index (κ2) is 11.5. The molecule has 1 aliphatic rings. The van der Waals surface area contributed by atoms with Crippen molar-refractivity contribution in [2.75, 3.05) is 43.6 Å². The molecule has 0 spiro atoms. The van der Waals surface area contributed by atoms with E-state index in [1.165, 1.54) is 4.31 Å². The molecule has 0 aromatic heterocycles. The van der Waals surface area contributed by atoms with Gasteiger partial charge in [-0.2, -0.15) is 0 Å². The summed E-state index contributed by atoms with van der Waals surface area (Å²) in [4.78, 5) is 17.6. The summed E-state index contributed by atoms with van der Waals surface area (Å²) in [5.41, 5.74) is 3.57. The highest BCUT2D eigenvalue weighted by molar-refractivity contribution is 7.92. The highest BCUT2D eigenvalue weighted by Gasteiger charge is 2.30. The van der Waals surface area contributed by atoms with Gasteiger partial charge in [-0.3, -0.25) is 14.0 Å². The monoisotopic (exact) mass is 503 g/mol. The van der Waals surface area contributed by atoms with Crippen molar-refractivity contribution in [3.05, 3.63) is 102 Å². The Balaban J connectivity index is 1.44. The van der Waals surface area contributed by atoms with Gasteiger partial charge in [-0.1, -0.05) is 66.7 Å². The van der Waals surface area contributed by atoms with Gasteiger partial charge in [0, 0.05) is 32.7 Å². The number of hydrogen-bond acceptors (Lipinski definition) is 4. The van der Waals surface area contributed by atoms with Gasteiger partial charge in [0.25, 0.3) is 10.0 Å². The van der Waals surface area contributed by atoms with E-state index < -0.39 is 10.0 Å². The minimum absolute atomic E-state index is 0.173. The summed E-state index contributed by atoms with van der Waals surface area (Å²) in [6, 6.07) is 24.1.